The first kappa shape index (κ1) is 16.2. The third-order valence-electron chi connectivity index (χ3n) is 4.18. The molecule has 0 aromatic carbocycles. The summed E-state index contributed by atoms with van der Waals surface area (Å²) in [7, 11) is -2.21. The van der Waals surface area contributed by atoms with Gasteiger partial charge in [-0.15, -0.1) is 0 Å². The summed E-state index contributed by atoms with van der Waals surface area (Å²) in [5.41, 5.74) is 0. The number of likely N-dealkylation sites (N-methyl/N-ethyl adjacent to an activating group) is 1. The van der Waals surface area contributed by atoms with E-state index in [0.717, 1.165) is 0 Å². The number of nitrogens with zero attached hydrogens (tertiary/aromatic N) is 2. The van der Waals surface area contributed by atoms with Crippen LogP contribution in [-0.2, 0) is 19.8 Å². The topological polar surface area (TPSA) is 107 Å². The molecule has 2 aliphatic heterocycles. The molecule has 21 heavy (non-hydrogen) atoms. The van der Waals surface area contributed by atoms with Gasteiger partial charge >= 0.3 is 5.97 Å². The average Bonchev–Trinajstić information content (AvgIpc) is 2.96. The van der Waals surface area contributed by atoms with E-state index < -0.39 is 28.1 Å². The normalized spacial score (nSPS) is 25.9. The van der Waals surface area contributed by atoms with Crippen molar-refractivity contribution in [3.63, 3.8) is 0 Å². The highest BCUT2D eigenvalue weighted by Gasteiger charge is 2.42. The van der Waals surface area contributed by atoms with Gasteiger partial charge in [0.1, 0.15) is 6.04 Å². The van der Waals surface area contributed by atoms with Crippen LogP contribution in [0.2, 0.25) is 0 Å². The van der Waals surface area contributed by atoms with Crippen molar-refractivity contribution in [2.24, 2.45) is 5.92 Å². The molecular weight excluding hydrogens is 298 g/mol. The maximum absolute atomic E-state index is 12.6. The molecule has 0 radical (unpaired) electrons. The highest BCUT2D eigenvalue weighted by molar-refractivity contribution is 7.86. The summed E-state index contributed by atoms with van der Waals surface area (Å²) in [6.45, 7) is 0.714. The summed E-state index contributed by atoms with van der Waals surface area (Å²) in [5.74, 6) is -1.65. The molecule has 9 heteroatoms. The Balaban J connectivity index is 2.08. The molecule has 2 saturated heterocycles. The highest BCUT2D eigenvalue weighted by atomic mass is 32.2. The SMILES string of the molecule is CNC(=O)C1CCCN1S(=O)(=O)N1CCC(C(=O)O)CC1. The Bertz CT molecular complexity index is 513. The van der Waals surface area contributed by atoms with Crippen LogP contribution in [0, 0.1) is 5.92 Å². The predicted octanol–water partition coefficient (Wildman–Crippen LogP) is -0.762. The van der Waals surface area contributed by atoms with Crippen LogP contribution >= 0.6 is 0 Å². The number of rotatable bonds is 4. The first-order chi connectivity index (χ1) is 9.87. The molecule has 2 N–H and O–H groups in total. The van der Waals surface area contributed by atoms with Crippen LogP contribution in [0.5, 0.6) is 0 Å². The summed E-state index contributed by atoms with van der Waals surface area (Å²) in [5, 5.41) is 11.4. The lowest BCUT2D eigenvalue weighted by Crippen LogP contribution is -2.52. The molecule has 0 bridgehead atoms. The molecule has 2 aliphatic rings. The van der Waals surface area contributed by atoms with Crippen LogP contribution in [-0.4, -0.2) is 66.7 Å². The predicted molar refractivity (Wildman–Crippen MR) is 74.6 cm³/mol. The van der Waals surface area contributed by atoms with E-state index >= 15 is 0 Å². The molecule has 2 rings (SSSR count). The Kier molecular flexibility index (Phi) is 4.84. The molecular formula is C12H21N3O5S. The molecule has 0 saturated carbocycles. The Morgan fingerprint density at radius 3 is 2.29 bits per heavy atom. The Labute approximate surface area is 124 Å². The van der Waals surface area contributed by atoms with Crippen molar-refractivity contribution in [1.29, 1.82) is 0 Å². The maximum atomic E-state index is 12.6. The third-order valence-corrected chi connectivity index (χ3v) is 6.23. The van der Waals surface area contributed by atoms with E-state index in [1.807, 2.05) is 0 Å². The molecule has 1 amide bonds. The molecule has 0 aliphatic carbocycles. The molecule has 1 unspecified atom stereocenters. The lowest BCUT2D eigenvalue weighted by Gasteiger charge is -2.34. The molecule has 2 fully saturated rings. The number of piperidine rings is 1. The van der Waals surface area contributed by atoms with E-state index in [1.165, 1.54) is 15.7 Å². The number of aliphatic carboxylic acids is 1. The van der Waals surface area contributed by atoms with Gasteiger partial charge < -0.3 is 10.4 Å². The van der Waals surface area contributed by atoms with Gasteiger partial charge in [0, 0.05) is 26.7 Å². The van der Waals surface area contributed by atoms with Crippen molar-refractivity contribution < 1.29 is 23.1 Å². The van der Waals surface area contributed by atoms with Crippen LogP contribution < -0.4 is 5.32 Å². The second kappa shape index (κ2) is 6.29. The maximum Gasteiger partial charge on any atom is 0.306 e. The van der Waals surface area contributed by atoms with Gasteiger partial charge in [-0.2, -0.15) is 17.0 Å². The summed E-state index contributed by atoms with van der Waals surface area (Å²) in [6.07, 6.45) is 1.80. The lowest BCUT2D eigenvalue weighted by molar-refractivity contribution is -0.142. The zero-order chi connectivity index (χ0) is 15.6. The number of carbonyl (C=O) groups excluding carboxylic acids is 1. The molecule has 1 atom stereocenters. The van der Waals surface area contributed by atoms with Gasteiger partial charge in [0.25, 0.3) is 10.2 Å². The van der Waals surface area contributed by atoms with Crippen LogP contribution in [0.1, 0.15) is 25.7 Å². The zero-order valence-electron chi connectivity index (χ0n) is 12.0. The van der Waals surface area contributed by atoms with E-state index in [9.17, 15) is 18.0 Å². The number of carbonyl (C=O) groups is 2. The Morgan fingerprint density at radius 1 is 1.14 bits per heavy atom. The van der Waals surface area contributed by atoms with E-state index in [4.69, 9.17) is 5.11 Å². The summed E-state index contributed by atoms with van der Waals surface area (Å²) in [6, 6.07) is -0.655. The fourth-order valence-corrected chi connectivity index (χ4v) is 4.78. The standard InChI is InChI=1S/C12H21N3O5S/c1-13-11(16)10-3-2-6-15(10)21(19,20)14-7-4-9(5-8-14)12(17)18/h9-10H,2-8H2,1H3,(H,13,16)(H,17,18). The number of carboxylic acid groups (broad SMARTS) is 1. The van der Waals surface area contributed by atoms with E-state index in [0.29, 0.717) is 32.2 Å². The number of nitrogens with one attached hydrogen (secondary N) is 1. The minimum atomic E-state index is -3.70. The van der Waals surface area contributed by atoms with Crippen molar-refractivity contribution >= 4 is 22.1 Å². The van der Waals surface area contributed by atoms with Gasteiger partial charge in [0.15, 0.2) is 0 Å². The first-order valence-corrected chi connectivity index (χ1v) is 8.49. The van der Waals surface area contributed by atoms with Gasteiger partial charge in [-0.05, 0) is 25.7 Å². The second-order valence-electron chi connectivity index (χ2n) is 5.40. The van der Waals surface area contributed by atoms with Crippen molar-refractivity contribution in [3.05, 3.63) is 0 Å². The smallest absolute Gasteiger partial charge is 0.306 e. The first-order valence-electron chi connectivity index (χ1n) is 7.09. The number of amides is 1. The minimum absolute atomic E-state index is 0.191. The monoisotopic (exact) mass is 319 g/mol. The molecule has 120 valence electrons. The number of hydrogen-bond acceptors (Lipinski definition) is 4. The fraction of sp³-hybridized carbons (Fsp3) is 0.833. The Hall–Kier alpha value is -1.19. The van der Waals surface area contributed by atoms with Crippen molar-refractivity contribution in [1.82, 2.24) is 13.9 Å². The Morgan fingerprint density at radius 2 is 1.76 bits per heavy atom. The summed E-state index contributed by atoms with van der Waals surface area (Å²) in [4.78, 5) is 22.7. The molecule has 8 nitrogen and oxygen atoms in total. The molecule has 0 aromatic heterocycles. The number of hydrogen-bond donors (Lipinski definition) is 2. The van der Waals surface area contributed by atoms with Crippen LogP contribution in [0.15, 0.2) is 0 Å². The quantitative estimate of drug-likeness (QED) is 0.708. The molecule has 2 heterocycles. The average molecular weight is 319 g/mol. The van der Waals surface area contributed by atoms with E-state index in [-0.39, 0.29) is 19.0 Å². The molecule has 0 spiro atoms. The fourth-order valence-electron chi connectivity index (χ4n) is 2.93. The zero-order valence-corrected chi connectivity index (χ0v) is 12.8. The minimum Gasteiger partial charge on any atom is -0.481 e. The summed E-state index contributed by atoms with van der Waals surface area (Å²) >= 11 is 0. The van der Waals surface area contributed by atoms with Crippen molar-refractivity contribution in [2.45, 2.75) is 31.7 Å². The van der Waals surface area contributed by atoms with Crippen molar-refractivity contribution in [3.8, 4) is 0 Å². The van der Waals surface area contributed by atoms with E-state index in [1.54, 1.807) is 0 Å². The molecule has 0 aromatic rings. The highest BCUT2D eigenvalue weighted by Crippen LogP contribution is 2.27. The van der Waals surface area contributed by atoms with Gasteiger partial charge in [-0.3, -0.25) is 9.59 Å². The number of carboxylic acids is 1. The van der Waals surface area contributed by atoms with Gasteiger partial charge in [-0.1, -0.05) is 0 Å². The lowest BCUT2D eigenvalue weighted by atomic mass is 9.99. The van der Waals surface area contributed by atoms with Gasteiger partial charge in [0.05, 0.1) is 5.92 Å². The summed E-state index contributed by atoms with van der Waals surface area (Å²) < 4.78 is 27.8. The van der Waals surface area contributed by atoms with Crippen LogP contribution in [0.25, 0.3) is 0 Å². The van der Waals surface area contributed by atoms with E-state index in [2.05, 4.69) is 5.32 Å². The van der Waals surface area contributed by atoms with Gasteiger partial charge in [0.2, 0.25) is 5.91 Å². The second-order valence-corrected chi connectivity index (χ2v) is 7.28. The van der Waals surface area contributed by atoms with Gasteiger partial charge in [-0.25, -0.2) is 0 Å². The largest absolute Gasteiger partial charge is 0.481 e. The van der Waals surface area contributed by atoms with Crippen molar-refractivity contribution in [2.75, 3.05) is 26.7 Å². The van der Waals surface area contributed by atoms with Crippen LogP contribution in [0.4, 0.5) is 0 Å². The van der Waals surface area contributed by atoms with Crippen LogP contribution in [0.3, 0.4) is 0 Å². The third kappa shape index (κ3) is 3.19.